The van der Waals surface area contributed by atoms with E-state index in [0.29, 0.717) is 6.54 Å². The zero-order valence-corrected chi connectivity index (χ0v) is 10.3. The van der Waals surface area contributed by atoms with Crippen LogP contribution in [0.25, 0.3) is 0 Å². The minimum Gasteiger partial charge on any atom is -0.396 e. The summed E-state index contributed by atoms with van der Waals surface area (Å²) in [5, 5.41) is 9.51. The number of aliphatic hydroxyl groups excluding tert-OH is 1. The van der Waals surface area contributed by atoms with Crippen LogP contribution in [0.1, 0.15) is 24.4 Å². The summed E-state index contributed by atoms with van der Waals surface area (Å²) in [5.41, 5.74) is 7.08. The Balaban J connectivity index is 2.22. The maximum atomic E-state index is 9.51. The van der Waals surface area contributed by atoms with Gasteiger partial charge in [0.15, 0.2) is 0 Å². The highest BCUT2D eigenvalue weighted by Crippen LogP contribution is 2.31. The van der Waals surface area contributed by atoms with Crippen molar-refractivity contribution in [2.45, 2.75) is 18.9 Å². The average Bonchev–Trinajstić information content (AvgIpc) is 2.90. The highest BCUT2D eigenvalue weighted by Gasteiger charge is 2.29. The van der Waals surface area contributed by atoms with E-state index in [0.717, 1.165) is 13.1 Å². The minimum absolute atomic E-state index is 0.135. The molecule has 1 aliphatic rings. The fourth-order valence-corrected chi connectivity index (χ4v) is 2.75. The lowest BCUT2D eigenvalue weighted by Crippen LogP contribution is -2.36. The largest absolute Gasteiger partial charge is 0.396 e. The molecule has 0 spiro atoms. The summed E-state index contributed by atoms with van der Waals surface area (Å²) in [4.78, 5) is 2.46. The van der Waals surface area contributed by atoms with Crippen LogP contribution in [0.3, 0.4) is 0 Å². The fraction of sp³-hybridized carbons (Fsp3) is 0.571. The van der Waals surface area contributed by atoms with Crippen molar-refractivity contribution < 1.29 is 5.11 Å². The van der Waals surface area contributed by atoms with Gasteiger partial charge in [-0.3, -0.25) is 4.90 Å². The number of benzene rings is 1. The predicted molar refractivity (Wildman–Crippen MR) is 69.6 cm³/mol. The molecule has 94 valence electrons. The zero-order valence-electron chi connectivity index (χ0n) is 10.3. The number of hydrogen-bond acceptors (Lipinski definition) is 3. The maximum absolute atomic E-state index is 9.51. The lowest BCUT2D eigenvalue weighted by Gasteiger charge is -2.33. The summed E-state index contributed by atoms with van der Waals surface area (Å²) >= 11 is 0. The molecule has 1 saturated heterocycles. The molecule has 0 aromatic heterocycles. The Hall–Kier alpha value is -0.900. The topological polar surface area (TPSA) is 49.5 Å². The minimum atomic E-state index is 0.135. The van der Waals surface area contributed by atoms with Crippen LogP contribution in [0, 0.1) is 5.92 Å². The van der Waals surface area contributed by atoms with Gasteiger partial charge in [-0.2, -0.15) is 0 Å². The smallest absolute Gasteiger partial charge is 0.0489 e. The molecular formula is C14H22N2O. The summed E-state index contributed by atoms with van der Waals surface area (Å²) in [6.45, 7) is 2.94. The van der Waals surface area contributed by atoms with Crippen molar-refractivity contribution in [1.29, 1.82) is 0 Å². The Morgan fingerprint density at radius 2 is 1.82 bits per heavy atom. The number of likely N-dealkylation sites (tertiary alicyclic amines) is 1. The van der Waals surface area contributed by atoms with Gasteiger partial charge in [-0.25, -0.2) is 0 Å². The third-order valence-electron chi connectivity index (χ3n) is 3.66. The quantitative estimate of drug-likeness (QED) is 0.809. The van der Waals surface area contributed by atoms with Gasteiger partial charge >= 0.3 is 0 Å². The molecule has 0 aliphatic carbocycles. The Morgan fingerprint density at radius 1 is 1.18 bits per heavy atom. The van der Waals surface area contributed by atoms with Crippen molar-refractivity contribution in [3.8, 4) is 0 Å². The molecule has 3 nitrogen and oxygen atoms in total. The van der Waals surface area contributed by atoms with E-state index in [4.69, 9.17) is 5.73 Å². The second-order valence-corrected chi connectivity index (χ2v) is 4.78. The van der Waals surface area contributed by atoms with Crippen LogP contribution in [0.15, 0.2) is 30.3 Å². The normalized spacial score (nSPS) is 20.4. The van der Waals surface area contributed by atoms with Crippen molar-refractivity contribution >= 4 is 0 Å². The van der Waals surface area contributed by atoms with E-state index >= 15 is 0 Å². The van der Waals surface area contributed by atoms with Gasteiger partial charge in [-0.15, -0.1) is 0 Å². The van der Waals surface area contributed by atoms with Gasteiger partial charge in [0.05, 0.1) is 0 Å². The first-order valence-corrected chi connectivity index (χ1v) is 6.46. The number of nitrogens with two attached hydrogens (primary N) is 1. The van der Waals surface area contributed by atoms with Crippen LogP contribution in [0.4, 0.5) is 0 Å². The van der Waals surface area contributed by atoms with Crippen LogP contribution in [0.2, 0.25) is 0 Å². The molecule has 1 aromatic rings. The number of hydrogen-bond donors (Lipinski definition) is 2. The second-order valence-electron chi connectivity index (χ2n) is 4.78. The molecule has 2 rings (SSSR count). The van der Waals surface area contributed by atoms with E-state index in [-0.39, 0.29) is 18.6 Å². The van der Waals surface area contributed by atoms with E-state index in [1.807, 2.05) is 6.07 Å². The second kappa shape index (κ2) is 6.15. The molecular weight excluding hydrogens is 212 g/mol. The predicted octanol–water partition coefficient (Wildman–Crippen LogP) is 1.39. The van der Waals surface area contributed by atoms with Crippen molar-refractivity contribution in [3.63, 3.8) is 0 Å². The van der Waals surface area contributed by atoms with Crippen LogP contribution < -0.4 is 5.73 Å². The molecule has 1 fully saturated rings. The first kappa shape index (κ1) is 12.6. The van der Waals surface area contributed by atoms with Crippen molar-refractivity contribution in [2.24, 2.45) is 11.7 Å². The lowest BCUT2D eigenvalue weighted by molar-refractivity contribution is 0.119. The summed E-state index contributed by atoms with van der Waals surface area (Å²) in [6, 6.07) is 10.7. The molecule has 17 heavy (non-hydrogen) atoms. The van der Waals surface area contributed by atoms with Gasteiger partial charge < -0.3 is 10.8 Å². The molecule has 1 aliphatic heterocycles. The van der Waals surface area contributed by atoms with Crippen LogP contribution in [-0.4, -0.2) is 36.2 Å². The molecule has 1 aromatic carbocycles. The van der Waals surface area contributed by atoms with Gasteiger partial charge in [0.1, 0.15) is 0 Å². The zero-order chi connectivity index (χ0) is 12.1. The first-order valence-electron chi connectivity index (χ1n) is 6.46. The summed E-state index contributed by atoms with van der Waals surface area (Å²) in [5.74, 6) is 0.135. The van der Waals surface area contributed by atoms with E-state index in [9.17, 15) is 5.11 Å². The third-order valence-corrected chi connectivity index (χ3v) is 3.66. The maximum Gasteiger partial charge on any atom is 0.0489 e. The Labute approximate surface area is 103 Å². The Morgan fingerprint density at radius 3 is 2.35 bits per heavy atom. The monoisotopic (exact) mass is 234 g/mol. The van der Waals surface area contributed by atoms with Crippen molar-refractivity contribution in [2.75, 3.05) is 26.2 Å². The van der Waals surface area contributed by atoms with Gasteiger partial charge in [0.25, 0.3) is 0 Å². The highest BCUT2D eigenvalue weighted by molar-refractivity contribution is 5.20. The fourth-order valence-electron chi connectivity index (χ4n) is 2.75. The molecule has 0 bridgehead atoms. The lowest BCUT2D eigenvalue weighted by atomic mass is 9.92. The van der Waals surface area contributed by atoms with Crippen LogP contribution in [0.5, 0.6) is 0 Å². The highest BCUT2D eigenvalue weighted by atomic mass is 16.3. The Kier molecular flexibility index (Phi) is 4.54. The van der Waals surface area contributed by atoms with Gasteiger partial charge in [-0.05, 0) is 38.0 Å². The molecule has 2 unspecified atom stereocenters. The van der Waals surface area contributed by atoms with E-state index < -0.39 is 0 Å². The summed E-state index contributed by atoms with van der Waals surface area (Å²) in [7, 11) is 0. The number of nitrogens with zero attached hydrogens (tertiary/aromatic N) is 1. The molecule has 3 N–H and O–H groups in total. The molecule has 2 atom stereocenters. The Bertz CT molecular complexity index is 316. The number of rotatable bonds is 5. The molecule has 1 heterocycles. The van der Waals surface area contributed by atoms with Crippen molar-refractivity contribution in [3.05, 3.63) is 35.9 Å². The SMILES string of the molecule is NCC(CO)C(c1ccccc1)N1CCCC1. The average molecular weight is 234 g/mol. The summed E-state index contributed by atoms with van der Waals surface area (Å²) < 4.78 is 0. The van der Waals surface area contributed by atoms with Crippen LogP contribution in [-0.2, 0) is 0 Å². The van der Waals surface area contributed by atoms with Gasteiger partial charge in [0, 0.05) is 18.6 Å². The third kappa shape index (κ3) is 2.86. The number of aliphatic hydroxyl groups is 1. The van der Waals surface area contributed by atoms with Crippen LogP contribution >= 0.6 is 0 Å². The van der Waals surface area contributed by atoms with Gasteiger partial charge in [0.2, 0.25) is 0 Å². The first-order chi connectivity index (χ1) is 8.36. The molecule has 0 radical (unpaired) electrons. The van der Waals surface area contributed by atoms with Gasteiger partial charge in [-0.1, -0.05) is 30.3 Å². The molecule has 0 amide bonds. The standard InChI is InChI=1S/C14H22N2O/c15-10-13(11-17)14(16-8-4-5-9-16)12-6-2-1-3-7-12/h1-3,6-7,13-14,17H,4-5,8-11,15H2. The summed E-state index contributed by atoms with van der Waals surface area (Å²) in [6.07, 6.45) is 2.51. The van der Waals surface area contributed by atoms with E-state index in [2.05, 4.69) is 29.2 Å². The molecule has 0 saturated carbocycles. The van der Waals surface area contributed by atoms with Crippen molar-refractivity contribution in [1.82, 2.24) is 4.90 Å². The molecule has 3 heteroatoms. The van der Waals surface area contributed by atoms with E-state index in [1.165, 1.54) is 18.4 Å². The van der Waals surface area contributed by atoms with E-state index in [1.54, 1.807) is 0 Å².